The van der Waals surface area contributed by atoms with Crippen molar-refractivity contribution in [1.29, 1.82) is 0 Å². The zero-order chi connectivity index (χ0) is 15.9. The van der Waals surface area contributed by atoms with Gasteiger partial charge in [-0.2, -0.15) is 0 Å². The Morgan fingerprint density at radius 3 is 1.50 bits per heavy atom. The first kappa shape index (κ1) is 17.3. The highest BCUT2D eigenvalue weighted by molar-refractivity contribution is 5.47. The van der Waals surface area contributed by atoms with Crippen molar-refractivity contribution in [3.05, 3.63) is 34.4 Å². The number of benzene rings is 1. The first-order chi connectivity index (χ1) is 8.85. The molecule has 0 aliphatic heterocycles. The fraction of sp³-hybridized carbons (Fsp3) is 0.700. The second-order valence-electron chi connectivity index (χ2n) is 8.84. The predicted octanol–water partition coefficient (Wildman–Crippen LogP) is 6.53. The standard InChI is InChI=1S/C20H34/c1-13(2)16-11-15(19(5,6)7)12-17(20(8,9)10)18(16)14(3)4/h11-14H,1-10H3. The third-order valence-corrected chi connectivity index (χ3v) is 4.09. The van der Waals surface area contributed by atoms with E-state index in [1.165, 1.54) is 16.7 Å². The van der Waals surface area contributed by atoms with Crippen molar-refractivity contribution in [2.45, 2.75) is 91.9 Å². The van der Waals surface area contributed by atoms with Crippen LogP contribution in [0.5, 0.6) is 0 Å². The number of hydrogen-bond donors (Lipinski definition) is 0. The maximum absolute atomic E-state index is 2.46. The minimum Gasteiger partial charge on any atom is -0.0587 e. The first-order valence-electron chi connectivity index (χ1n) is 8.04. The van der Waals surface area contributed by atoms with Crippen LogP contribution in [-0.2, 0) is 10.8 Å². The molecule has 0 unspecified atom stereocenters. The summed E-state index contributed by atoms with van der Waals surface area (Å²) in [6.07, 6.45) is 0. The lowest BCUT2D eigenvalue weighted by Crippen LogP contribution is -2.21. The minimum atomic E-state index is 0.199. The molecule has 0 fully saturated rings. The Hall–Kier alpha value is -0.780. The van der Waals surface area contributed by atoms with Gasteiger partial charge in [0, 0.05) is 0 Å². The lowest BCUT2D eigenvalue weighted by molar-refractivity contribution is 0.554. The van der Waals surface area contributed by atoms with Crippen LogP contribution in [-0.4, -0.2) is 0 Å². The molecule has 0 amide bonds. The molecule has 0 heterocycles. The lowest BCUT2D eigenvalue weighted by atomic mass is 9.73. The van der Waals surface area contributed by atoms with Crippen molar-refractivity contribution < 1.29 is 0 Å². The molecule has 0 aromatic heterocycles. The van der Waals surface area contributed by atoms with E-state index in [0.29, 0.717) is 11.8 Å². The van der Waals surface area contributed by atoms with E-state index < -0.39 is 0 Å². The van der Waals surface area contributed by atoms with E-state index in [9.17, 15) is 0 Å². The summed E-state index contributed by atoms with van der Waals surface area (Å²) in [5.74, 6) is 1.16. The summed E-state index contributed by atoms with van der Waals surface area (Å²) in [5, 5.41) is 0. The number of rotatable bonds is 2. The van der Waals surface area contributed by atoms with Gasteiger partial charge >= 0.3 is 0 Å². The summed E-state index contributed by atoms with van der Waals surface area (Å²) in [5.41, 5.74) is 6.51. The Kier molecular flexibility index (Phi) is 4.79. The van der Waals surface area contributed by atoms with E-state index in [4.69, 9.17) is 0 Å². The average Bonchev–Trinajstić information content (AvgIpc) is 2.24. The minimum absolute atomic E-state index is 0.199. The molecule has 0 aliphatic carbocycles. The molecular weight excluding hydrogens is 240 g/mol. The van der Waals surface area contributed by atoms with E-state index in [0.717, 1.165) is 0 Å². The molecule has 0 atom stereocenters. The van der Waals surface area contributed by atoms with Crippen LogP contribution >= 0.6 is 0 Å². The molecule has 0 saturated heterocycles. The van der Waals surface area contributed by atoms with Crippen LogP contribution in [0.4, 0.5) is 0 Å². The summed E-state index contributed by atoms with van der Waals surface area (Å²) in [6, 6.07) is 4.91. The largest absolute Gasteiger partial charge is 0.0587 e. The summed E-state index contributed by atoms with van der Waals surface area (Å²) < 4.78 is 0. The van der Waals surface area contributed by atoms with Crippen LogP contribution in [0, 0.1) is 0 Å². The molecule has 0 nitrogen and oxygen atoms in total. The average molecular weight is 274 g/mol. The van der Waals surface area contributed by atoms with E-state index in [1.54, 1.807) is 5.56 Å². The molecule has 0 bridgehead atoms. The van der Waals surface area contributed by atoms with Crippen molar-refractivity contribution in [1.82, 2.24) is 0 Å². The van der Waals surface area contributed by atoms with E-state index in [2.05, 4.69) is 81.4 Å². The summed E-state index contributed by atoms with van der Waals surface area (Å²) >= 11 is 0. The normalized spacial score (nSPS) is 13.4. The Morgan fingerprint density at radius 1 is 0.700 bits per heavy atom. The third-order valence-electron chi connectivity index (χ3n) is 4.09. The molecule has 1 aromatic carbocycles. The van der Waals surface area contributed by atoms with Crippen molar-refractivity contribution in [2.24, 2.45) is 0 Å². The summed E-state index contributed by atoms with van der Waals surface area (Å²) in [7, 11) is 0. The third kappa shape index (κ3) is 3.65. The second kappa shape index (κ2) is 5.54. The van der Waals surface area contributed by atoms with Gasteiger partial charge in [0.15, 0.2) is 0 Å². The first-order valence-corrected chi connectivity index (χ1v) is 8.04. The molecule has 0 saturated carbocycles. The van der Waals surface area contributed by atoms with Crippen LogP contribution in [0.15, 0.2) is 12.1 Å². The van der Waals surface area contributed by atoms with Crippen LogP contribution in [0.25, 0.3) is 0 Å². The van der Waals surface area contributed by atoms with Gasteiger partial charge < -0.3 is 0 Å². The zero-order valence-electron chi connectivity index (χ0n) is 15.3. The van der Waals surface area contributed by atoms with Crippen molar-refractivity contribution in [2.75, 3.05) is 0 Å². The molecule has 0 heteroatoms. The molecule has 0 radical (unpaired) electrons. The quantitative estimate of drug-likeness (QED) is 0.575. The van der Waals surface area contributed by atoms with Gasteiger partial charge in [0.05, 0.1) is 0 Å². The molecular formula is C20H34. The smallest absolute Gasteiger partial charge is 0.0129 e. The van der Waals surface area contributed by atoms with Crippen LogP contribution < -0.4 is 0 Å². The van der Waals surface area contributed by atoms with E-state index >= 15 is 0 Å². The zero-order valence-corrected chi connectivity index (χ0v) is 15.3. The van der Waals surface area contributed by atoms with Gasteiger partial charge in [-0.3, -0.25) is 0 Å². The highest BCUT2D eigenvalue weighted by atomic mass is 14.3. The van der Waals surface area contributed by atoms with Gasteiger partial charge in [-0.25, -0.2) is 0 Å². The summed E-state index contributed by atoms with van der Waals surface area (Å²) in [4.78, 5) is 0. The molecule has 0 N–H and O–H groups in total. The maximum Gasteiger partial charge on any atom is -0.0129 e. The monoisotopic (exact) mass is 274 g/mol. The molecule has 0 spiro atoms. The van der Waals surface area contributed by atoms with E-state index in [-0.39, 0.29) is 10.8 Å². The molecule has 1 rings (SSSR count). The number of hydrogen-bond acceptors (Lipinski definition) is 0. The van der Waals surface area contributed by atoms with Crippen molar-refractivity contribution >= 4 is 0 Å². The fourth-order valence-corrected chi connectivity index (χ4v) is 2.85. The molecule has 0 aliphatic rings. The van der Waals surface area contributed by atoms with Gasteiger partial charge in [-0.1, -0.05) is 81.4 Å². The van der Waals surface area contributed by atoms with Crippen LogP contribution in [0.3, 0.4) is 0 Å². The Morgan fingerprint density at radius 2 is 1.20 bits per heavy atom. The Labute approximate surface area is 127 Å². The van der Waals surface area contributed by atoms with Gasteiger partial charge in [0.2, 0.25) is 0 Å². The van der Waals surface area contributed by atoms with Crippen LogP contribution in [0.2, 0.25) is 0 Å². The van der Waals surface area contributed by atoms with Crippen molar-refractivity contribution in [3.63, 3.8) is 0 Å². The van der Waals surface area contributed by atoms with Gasteiger partial charge in [-0.05, 0) is 44.9 Å². The lowest BCUT2D eigenvalue weighted by Gasteiger charge is -2.32. The maximum atomic E-state index is 2.46. The highest BCUT2D eigenvalue weighted by Gasteiger charge is 2.26. The Bertz CT molecular complexity index is 462. The topological polar surface area (TPSA) is 0 Å². The van der Waals surface area contributed by atoms with Crippen LogP contribution in [0.1, 0.15) is 103 Å². The predicted molar refractivity (Wildman–Crippen MR) is 92.0 cm³/mol. The molecule has 20 heavy (non-hydrogen) atoms. The Balaban J connectivity index is 3.74. The van der Waals surface area contributed by atoms with Gasteiger partial charge in [0.25, 0.3) is 0 Å². The van der Waals surface area contributed by atoms with Crippen molar-refractivity contribution in [3.8, 4) is 0 Å². The van der Waals surface area contributed by atoms with Gasteiger partial charge in [0.1, 0.15) is 0 Å². The second-order valence-corrected chi connectivity index (χ2v) is 8.84. The summed E-state index contributed by atoms with van der Waals surface area (Å²) in [6.45, 7) is 23.2. The SMILES string of the molecule is CC(C)c1cc(C(C)(C)C)cc(C(C)(C)C)c1C(C)C. The van der Waals surface area contributed by atoms with Gasteiger partial charge in [-0.15, -0.1) is 0 Å². The highest BCUT2D eigenvalue weighted by Crippen LogP contribution is 2.39. The van der Waals surface area contributed by atoms with E-state index in [1.807, 2.05) is 0 Å². The molecule has 114 valence electrons. The molecule has 1 aromatic rings. The fourth-order valence-electron chi connectivity index (χ4n) is 2.85.